The van der Waals surface area contributed by atoms with Crippen LogP contribution in [0.2, 0.25) is 0 Å². The lowest BCUT2D eigenvalue weighted by Gasteiger charge is -2.27. The minimum absolute atomic E-state index is 0. The van der Waals surface area contributed by atoms with E-state index < -0.39 is 0 Å². The molecule has 0 aromatic heterocycles. The van der Waals surface area contributed by atoms with Gasteiger partial charge in [0.1, 0.15) is 0 Å². The number of nitrogens with two attached hydrogens (primary N) is 1. The van der Waals surface area contributed by atoms with Gasteiger partial charge >= 0.3 is 0 Å². The number of hydrogen-bond donors (Lipinski definition) is 2. The van der Waals surface area contributed by atoms with Crippen LogP contribution in [-0.2, 0) is 11.2 Å². The second kappa shape index (κ2) is 10.9. The predicted molar refractivity (Wildman–Crippen MR) is 113 cm³/mol. The van der Waals surface area contributed by atoms with Crippen LogP contribution in [0, 0.1) is 5.41 Å². The summed E-state index contributed by atoms with van der Waals surface area (Å²) >= 11 is 0. The largest absolute Gasteiger partial charge is 0.382 e. The first-order valence-electron chi connectivity index (χ1n) is 8.91. The standard InChI is InChI=1S/C19H31N3O.HI/c1-3-16-8-7-9-17(14-16)22-18(20)21-15-19(10-5-6-11-19)12-13-23-4-2;/h7-9,14H,3-6,10-13,15H2,1-2H3,(H3,20,21,22);1H. The molecule has 0 atom stereocenters. The molecule has 1 aliphatic carbocycles. The zero-order valence-corrected chi connectivity index (χ0v) is 17.3. The van der Waals surface area contributed by atoms with Crippen LogP contribution in [0.3, 0.4) is 0 Å². The highest BCUT2D eigenvalue weighted by Crippen LogP contribution is 2.41. The van der Waals surface area contributed by atoms with Gasteiger partial charge in [-0.15, -0.1) is 24.0 Å². The van der Waals surface area contributed by atoms with Gasteiger partial charge in [0.15, 0.2) is 5.96 Å². The number of guanidine groups is 1. The lowest BCUT2D eigenvalue weighted by Crippen LogP contribution is -2.28. The molecule has 0 spiro atoms. The molecule has 1 fully saturated rings. The SMILES string of the molecule is CCOCCC1(CN=C(N)Nc2cccc(CC)c2)CCCC1.I. The lowest BCUT2D eigenvalue weighted by molar-refractivity contribution is 0.107. The second-order valence-electron chi connectivity index (χ2n) is 6.53. The summed E-state index contributed by atoms with van der Waals surface area (Å²) in [7, 11) is 0. The van der Waals surface area contributed by atoms with Crippen molar-refractivity contribution in [2.45, 2.75) is 52.4 Å². The summed E-state index contributed by atoms with van der Waals surface area (Å²) in [5, 5.41) is 3.22. The van der Waals surface area contributed by atoms with Crippen molar-refractivity contribution >= 4 is 35.6 Å². The van der Waals surface area contributed by atoms with Crippen molar-refractivity contribution < 1.29 is 4.74 Å². The number of ether oxygens (including phenoxy) is 1. The van der Waals surface area contributed by atoms with Crippen LogP contribution in [-0.4, -0.2) is 25.7 Å². The molecule has 5 heteroatoms. The molecular weight excluding hydrogens is 413 g/mol. The van der Waals surface area contributed by atoms with Crippen LogP contribution in [0.15, 0.2) is 29.3 Å². The molecule has 3 N–H and O–H groups in total. The number of nitrogens with zero attached hydrogens (tertiary/aromatic N) is 1. The van der Waals surface area contributed by atoms with Crippen molar-refractivity contribution in [1.82, 2.24) is 0 Å². The molecule has 1 saturated carbocycles. The molecule has 0 amide bonds. The number of aryl methyl sites for hydroxylation is 1. The van der Waals surface area contributed by atoms with Crippen LogP contribution in [0.25, 0.3) is 0 Å². The fourth-order valence-corrected chi connectivity index (χ4v) is 3.35. The number of aliphatic imine (C=N–C) groups is 1. The van der Waals surface area contributed by atoms with Gasteiger partial charge < -0.3 is 15.8 Å². The highest BCUT2D eigenvalue weighted by atomic mass is 127. The zero-order valence-electron chi connectivity index (χ0n) is 15.0. The van der Waals surface area contributed by atoms with Crippen molar-refractivity contribution in [3.05, 3.63) is 29.8 Å². The molecule has 24 heavy (non-hydrogen) atoms. The van der Waals surface area contributed by atoms with E-state index >= 15 is 0 Å². The van der Waals surface area contributed by atoms with E-state index in [1.807, 2.05) is 13.0 Å². The smallest absolute Gasteiger partial charge is 0.193 e. The van der Waals surface area contributed by atoms with Crippen LogP contribution >= 0.6 is 24.0 Å². The van der Waals surface area contributed by atoms with Crippen LogP contribution in [0.4, 0.5) is 5.69 Å². The second-order valence-corrected chi connectivity index (χ2v) is 6.53. The Morgan fingerprint density at radius 3 is 2.71 bits per heavy atom. The maximum absolute atomic E-state index is 6.10. The van der Waals surface area contributed by atoms with Gasteiger partial charge in [-0.25, -0.2) is 0 Å². The molecule has 4 nitrogen and oxygen atoms in total. The highest BCUT2D eigenvalue weighted by molar-refractivity contribution is 14.0. The topological polar surface area (TPSA) is 59.6 Å². The van der Waals surface area contributed by atoms with E-state index in [9.17, 15) is 0 Å². The summed E-state index contributed by atoms with van der Waals surface area (Å²) in [5.74, 6) is 0.515. The minimum atomic E-state index is 0. The lowest BCUT2D eigenvalue weighted by atomic mass is 9.83. The number of rotatable bonds is 8. The molecule has 0 heterocycles. The highest BCUT2D eigenvalue weighted by Gasteiger charge is 2.33. The Labute approximate surface area is 163 Å². The van der Waals surface area contributed by atoms with Crippen LogP contribution < -0.4 is 11.1 Å². The fraction of sp³-hybridized carbons (Fsp3) is 0.632. The number of nitrogens with one attached hydrogen (secondary N) is 1. The van der Waals surface area contributed by atoms with Crippen LogP contribution in [0.5, 0.6) is 0 Å². The maximum atomic E-state index is 6.10. The molecule has 1 aliphatic rings. The third-order valence-corrected chi connectivity index (χ3v) is 4.84. The van der Waals surface area contributed by atoms with E-state index in [1.54, 1.807) is 0 Å². The molecule has 0 saturated heterocycles. The summed E-state index contributed by atoms with van der Waals surface area (Å²) in [6, 6.07) is 8.33. The van der Waals surface area contributed by atoms with Crippen molar-refractivity contribution in [3.63, 3.8) is 0 Å². The number of anilines is 1. The summed E-state index contributed by atoms with van der Waals surface area (Å²) in [5.41, 5.74) is 8.69. The van der Waals surface area contributed by atoms with Crippen LogP contribution in [0.1, 0.15) is 51.5 Å². The van der Waals surface area contributed by atoms with E-state index in [4.69, 9.17) is 10.5 Å². The predicted octanol–water partition coefficient (Wildman–Crippen LogP) is 4.58. The summed E-state index contributed by atoms with van der Waals surface area (Å²) in [6.45, 7) is 6.62. The monoisotopic (exact) mass is 445 g/mol. The molecule has 136 valence electrons. The Morgan fingerprint density at radius 1 is 1.29 bits per heavy atom. The van der Waals surface area contributed by atoms with Gasteiger partial charge in [-0.05, 0) is 55.7 Å². The molecular formula is C19H32IN3O. The summed E-state index contributed by atoms with van der Waals surface area (Å²) in [6.07, 6.45) is 7.18. The quantitative estimate of drug-likeness (QED) is 0.267. The Hall–Kier alpha value is -0.820. The van der Waals surface area contributed by atoms with E-state index in [2.05, 4.69) is 35.4 Å². The van der Waals surface area contributed by atoms with E-state index in [0.717, 1.165) is 38.3 Å². The van der Waals surface area contributed by atoms with E-state index in [0.29, 0.717) is 5.96 Å². The molecule has 0 radical (unpaired) electrons. The molecule has 2 rings (SSSR count). The number of halogens is 1. The summed E-state index contributed by atoms with van der Waals surface area (Å²) < 4.78 is 5.55. The van der Waals surface area contributed by atoms with E-state index in [-0.39, 0.29) is 29.4 Å². The molecule has 0 unspecified atom stereocenters. The van der Waals surface area contributed by atoms with Gasteiger partial charge in [0.05, 0.1) is 0 Å². The zero-order chi connectivity index (χ0) is 16.5. The van der Waals surface area contributed by atoms with E-state index in [1.165, 1.54) is 31.2 Å². The number of hydrogen-bond acceptors (Lipinski definition) is 2. The third kappa shape index (κ3) is 6.59. The average Bonchev–Trinajstić information content (AvgIpc) is 3.03. The van der Waals surface area contributed by atoms with Gasteiger partial charge in [-0.1, -0.05) is 31.9 Å². The molecule has 1 aromatic carbocycles. The molecule has 1 aromatic rings. The third-order valence-electron chi connectivity index (χ3n) is 4.84. The van der Waals surface area contributed by atoms with Crippen molar-refractivity contribution in [2.75, 3.05) is 25.1 Å². The number of benzene rings is 1. The minimum Gasteiger partial charge on any atom is -0.382 e. The molecule has 0 aliphatic heterocycles. The Bertz CT molecular complexity index is 513. The van der Waals surface area contributed by atoms with Crippen molar-refractivity contribution in [3.8, 4) is 0 Å². The Kier molecular flexibility index (Phi) is 9.66. The summed E-state index contributed by atoms with van der Waals surface area (Å²) in [4.78, 5) is 4.64. The van der Waals surface area contributed by atoms with Gasteiger partial charge in [0, 0.05) is 25.4 Å². The normalized spacial score (nSPS) is 16.7. The van der Waals surface area contributed by atoms with Gasteiger partial charge in [0.2, 0.25) is 0 Å². The Morgan fingerprint density at radius 2 is 2.04 bits per heavy atom. The molecule has 0 bridgehead atoms. The fourth-order valence-electron chi connectivity index (χ4n) is 3.35. The van der Waals surface area contributed by atoms with Gasteiger partial charge in [0.25, 0.3) is 0 Å². The first-order valence-corrected chi connectivity index (χ1v) is 8.91. The maximum Gasteiger partial charge on any atom is 0.193 e. The van der Waals surface area contributed by atoms with Gasteiger partial charge in [-0.3, -0.25) is 4.99 Å². The Balaban J connectivity index is 0.00000288. The first-order chi connectivity index (χ1) is 11.2. The van der Waals surface area contributed by atoms with Crippen molar-refractivity contribution in [2.24, 2.45) is 16.1 Å². The first kappa shape index (κ1) is 21.2. The average molecular weight is 445 g/mol. The van der Waals surface area contributed by atoms with Crippen molar-refractivity contribution in [1.29, 1.82) is 0 Å². The van der Waals surface area contributed by atoms with Gasteiger partial charge in [-0.2, -0.15) is 0 Å².